The zero-order valence-corrected chi connectivity index (χ0v) is 24.5. The van der Waals surface area contributed by atoms with E-state index in [9.17, 15) is 35.9 Å². The molecule has 2 aromatic carbocycles. The normalized spacial score (nSPS) is 19.8. The van der Waals surface area contributed by atoms with Gasteiger partial charge in [0.05, 0.1) is 11.7 Å². The summed E-state index contributed by atoms with van der Waals surface area (Å²) in [7, 11) is 2.03. The van der Waals surface area contributed by atoms with E-state index in [1.807, 2.05) is 7.05 Å². The summed E-state index contributed by atoms with van der Waals surface area (Å²) in [4.78, 5) is 29.9. The van der Waals surface area contributed by atoms with E-state index in [0.717, 1.165) is 50.4 Å². The lowest BCUT2D eigenvalue weighted by atomic mass is 9.93. The van der Waals surface area contributed by atoms with Gasteiger partial charge in [-0.05, 0) is 63.1 Å². The fourth-order valence-corrected chi connectivity index (χ4v) is 5.11. The number of alkyl halides is 6. The van der Waals surface area contributed by atoms with Gasteiger partial charge in [0.2, 0.25) is 0 Å². The third kappa shape index (κ3) is 11.5. The molecule has 0 atom stereocenters. The van der Waals surface area contributed by atoms with Crippen molar-refractivity contribution in [2.24, 2.45) is 0 Å². The first-order valence-corrected chi connectivity index (χ1v) is 14.4. The molecule has 2 aliphatic rings. The lowest BCUT2D eigenvalue weighted by Crippen LogP contribution is -2.46. The summed E-state index contributed by atoms with van der Waals surface area (Å²) in [5.41, 5.74) is 0.0186. The predicted octanol–water partition coefficient (Wildman–Crippen LogP) is 4.97. The lowest BCUT2D eigenvalue weighted by molar-refractivity contribution is -0.275. The number of hydrogen-bond donors (Lipinski definition) is 3. The van der Waals surface area contributed by atoms with Crippen molar-refractivity contribution in [3.63, 3.8) is 0 Å². The van der Waals surface area contributed by atoms with Gasteiger partial charge >= 0.3 is 18.8 Å². The highest BCUT2D eigenvalue weighted by Gasteiger charge is 2.33. The van der Waals surface area contributed by atoms with Crippen LogP contribution in [0.5, 0.6) is 17.2 Å². The van der Waals surface area contributed by atoms with Crippen LogP contribution in [-0.4, -0.2) is 92.9 Å². The molecule has 16 heteroatoms. The number of urea groups is 1. The van der Waals surface area contributed by atoms with Crippen molar-refractivity contribution < 1.29 is 50.1 Å². The van der Waals surface area contributed by atoms with E-state index < -0.39 is 36.2 Å². The molecule has 0 radical (unpaired) electrons. The van der Waals surface area contributed by atoms with Crippen LogP contribution >= 0.6 is 0 Å². The topological polar surface area (TPSA) is 104 Å². The van der Waals surface area contributed by atoms with Crippen LogP contribution in [0.1, 0.15) is 36.0 Å². The second kappa shape index (κ2) is 14.9. The Morgan fingerprint density at radius 2 is 1.51 bits per heavy atom. The van der Waals surface area contributed by atoms with Gasteiger partial charge in [-0.15, -0.1) is 26.3 Å². The molecule has 4 rings (SSSR count). The van der Waals surface area contributed by atoms with Crippen LogP contribution in [0.2, 0.25) is 0 Å². The van der Waals surface area contributed by atoms with Crippen molar-refractivity contribution in [2.45, 2.75) is 50.6 Å². The second-order valence-corrected chi connectivity index (χ2v) is 10.9. The Bertz CT molecular complexity index is 1300. The van der Waals surface area contributed by atoms with E-state index in [2.05, 4.69) is 35.2 Å². The average Bonchev–Trinajstić information content (AvgIpc) is 2.94. The first-order valence-electron chi connectivity index (χ1n) is 14.4. The van der Waals surface area contributed by atoms with Gasteiger partial charge in [0.25, 0.3) is 5.91 Å². The van der Waals surface area contributed by atoms with E-state index in [4.69, 9.17) is 4.74 Å². The van der Waals surface area contributed by atoms with Crippen molar-refractivity contribution in [2.75, 3.05) is 51.6 Å². The standard InChI is InChI=1S/C29H35F6N5O5/c1-39-13-15-40(16-14-39)12-11-36-26(41)24-18-23(45-29(33,34)35)9-10-25(24)43-21-7-5-19(6-8-21)37-27(42)38-20-3-2-4-22(17-20)44-28(30,31)32/h2-4,9-10,17-19,21H,5-8,11-16H2,1H3,(H,36,41)(H2,37,38,42). The number of carbonyl (C=O) groups is 2. The van der Waals surface area contributed by atoms with Crippen LogP contribution in [0, 0.1) is 0 Å². The van der Waals surface area contributed by atoms with E-state index >= 15 is 0 Å². The Balaban J connectivity index is 1.30. The maximum absolute atomic E-state index is 13.1. The summed E-state index contributed by atoms with van der Waals surface area (Å²) in [6.07, 6.45) is -8.29. The van der Waals surface area contributed by atoms with Gasteiger partial charge in [-0.2, -0.15) is 0 Å². The minimum absolute atomic E-state index is 0.0912. The highest BCUT2D eigenvalue weighted by Crippen LogP contribution is 2.32. The van der Waals surface area contributed by atoms with Crippen LogP contribution in [0.4, 0.5) is 36.8 Å². The third-order valence-electron chi connectivity index (χ3n) is 7.37. The molecule has 45 heavy (non-hydrogen) atoms. The number of likely N-dealkylation sites (N-methyl/N-ethyl adjacent to an activating group) is 1. The summed E-state index contributed by atoms with van der Waals surface area (Å²) < 4.78 is 90.0. The number of nitrogens with one attached hydrogen (secondary N) is 3. The second-order valence-electron chi connectivity index (χ2n) is 10.9. The smallest absolute Gasteiger partial charge is 0.490 e. The number of halogens is 6. The molecule has 1 saturated carbocycles. The molecule has 248 valence electrons. The van der Waals surface area contributed by atoms with Gasteiger partial charge in [0.1, 0.15) is 17.2 Å². The fourth-order valence-electron chi connectivity index (χ4n) is 5.11. The van der Waals surface area contributed by atoms with E-state index in [-0.39, 0.29) is 29.1 Å². The van der Waals surface area contributed by atoms with Crippen LogP contribution in [0.15, 0.2) is 42.5 Å². The molecule has 3 N–H and O–H groups in total. The van der Waals surface area contributed by atoms with E-state index in [1.54, 1.807) is 0 Å². The molecule has 2 fully saturated rings. The van der Waals surface area contributed by atoms with Gasteiger partial charge in [0.15, 0.2) is 0 Å². The maximum Gasteiger partial charge on any atom is 0.573 e. The number of rotatable bonds is 10. The quantitative estimate of drug-likeness (QED) is 0.313. The summed E-state index contributed by atoms with van der Waals surface area (Å²) in [5.74, 6) is -1.51. The predicted molar refractivity (Wildman–Crippen MR) is 151 cm³/mol. The van der Waals surface area contributed by atoms with Gasteiger partial charge in [0, 0.05) is 57.1 Å². The number of amides is 3. The SMILES string of the molecule is CN1CCN(CCNC(=O)c2cc(OC(F)(F)F)ccc2OC2CCC(NC(=O)Nc3cccc(OC(F)(F)F)c3)CC2)CC1. The van der Waals surface area contributed by atoms with Crippen molar-refractivity contribution in [3.8, 4) is 17.2 Å². The summed E-state index contributed by atoms with van der Waals surface area (Å²) in [5, 5.41) is 8.00. The van der Waals surface area contributed by atoms with Crippen LogP contribution < -0.4 is 30.2 Å². The van der Waals surface area contributed by atoms with Gasteiger partial charge in [-0.25, -0.2) is 4.79 Å². The summed E-state index contributed by atoms with van der Waals surface area (Å²) in [6.45, 7) is 4.38. The number of carbonyl (C=O) groups excluding carboxylic acids is 2. The lowest BCUT2D eigenvalue weighted by Gasteiger charge is -2.32. The van der Waals surface area contributed by atoms with Gasteiger partial charge in [-0.1, -0.05) is 6.07 Å². The summed E-state index contributed by atoms with van der Waals surface area (Å²) >= 11 is 0. The monoisotopic (exact) mass is 647 g/mol. The van der Waals surface area contributed by atoms with Gasteiger partial charge in [-0.3, -0.25) is 9.69 Å². The Hall–Kier alpha value is -3.92. The molecule has 2 aromatic rings. The molecule has 0 bridgehead atoms. The molecule has 3 amide bonds. The molecule has 1 aliphatic heterocycles. The Labute approximate surface area is 256 Å². The van der Waals surface area contributed by atoms with Crippen molar-refractivity contribution in [1.82, 2.24) is 20.4 Å². The number of benzene rings is 2. The van der Waals surface area contributed by atoms with E-state index in [0.29, 0.717) is 38.8 Å². The Kier molecular flexibility index (Phi) is 11.3. The number of anilines is 1. The maximum atomic E-state index is 13.1. The van der Waals surface area contributed by atoms with Crippen molar-refractivity contribution >= 4 is 17.6 Å². The molecule has 0 unspecified atom stereocenters. The zero-order valence-electron chi connectivity index (χ0n) is 24.5. The van der Waals surface area contributed by atoms with E-state index in [1.165, 1.54) is 18.2 Å². The highest BCUT2D eigenvalue weighted by molar-refractivity contribution is 5.97. The molecular weight excluding hydrogens is 612 g/mol. The molecule has 0 spiro atoms. The third-order valence-corrected chi connectivity index (χ3v) is 7.37. The first kappa shape index (κ1) is 34.0. The molecular formula is C29H35F6N5O5. The van der Waals surface area contributed by atoms with Gasteiger partial charge < -0.3 is 35.1 Å². The molecule has 1 aliphatic carbocycles. The average molecular weight is 648 g/mol. The zero-order chi connectivity index (χ0) is 32.6. The van der Waals surface area contributed by atoms with Crippen LogP contribution in [0.25, 0.3) is 0 Å². The van der Waals surface area contributed by atoms with Crippen LogP contribution in [0.3, 0.4) is 0 Å². The van der Waals surface area contributed by atoms with Crippen molar-refractivity contribution in [1.29, 1.82) is 0 Å². The number of hydrogen-bond acceptors (Lipinski definition) is 7. The first-order chi connectivity index (χ1) is 21.2. The molecule has 1 heterocycles. The highest BCUT2D eigenvalue weighted by atomic mass is 19.4. The number of nitrogens with zero attached hydrogens (tertiary/aromatic N) is 2. The molecule has 0 aromatic heterocycles. The number of piperazine rings is 1. The number of ether oxygens (including phenoxy) is 3. The molecule has 1 saturated heterocycles. The minimum atomic E-state index is -4.94. The molecule has 10 nitrogen and oxygen atoms in total. The van der Waals surface area contributed by atoms with Crippen molar-refractivity contribution in [3.05, 3.63) is 48.0 Å². The van der Waals surface area contributed by atoms with Crippen LogP contribution in [-0.2, 0) is 0 Å². The minimum Gasteiger partial charge on any atom is -0.490 e. The summed E-state index contributed by atoms with van der Waals surface area (Å²) in [6, 6.07) is 7.35. The Morgan fingerprint density at radius 1 is 0.867 bits per heavy atom. The largest absolute Gasteiger partial charge is 0.573 e. The fraction of sp³-hybridized carbons (Fsp3) is 0.517. The Morgan fingerprint density at radius 3 is 2.16 bits per heavy atom.